The lowest BCUT2D eigenvalue weighted by molar-refractivity contribution is 0.0523. The van der Waals surface area contributed by atoms with Crippen LogP contribution < -0.4 is 10.6 Å². The third-order valence-corrected chi connectivity index (χ3v) is 3.74. The summed E-state index contributed by atoms with van der Waals surface area (Å²) in [6.07, 6.45) is 6.12. The number of nitrogens with one attached hydrogen (secondary N) is 2. The first-order valence-electron chi connectivity index (χ1n) is 8.25. The van der Waals surface area contributed by atoms with E-state index in [0.717, 1.165) is 11.3 Å². The highest BCUT2D eigenvalue weighted by Gasteiger charge is 2.16. The Kier molecular flexibility index (Phi) is 5.69. The van der Waals surface area contributed by atoms with E-state index >= 15 is 0 Å². The molecular weight excluding hydrogens is 276 g/mol. The number of amides is 1. The van der Waals surface area contributed by atoms with Crippen molar-refractivity contribution in [2.75, 3.05) is 5.32 Å². The summed E-state index contributed by atoms with van der Waals surface area (Å²) in [5, 5.41) is 6.40. The molecule has 2 rings (SSSR count). The quantitative estimate of drug-likeness (QED) is 0.863. The van der Waals surface area contributed by atoms with Crippen LogP contribution in [0.5, 0.6) is 0 Å². The van der Waals surface area contributed by atoms with Gasteiger partial charge in [0, 0.05) is 18.3 Å². The largest absolute Gasteiger partial charge is 0.444 e. The van der Waals surface area contributed by atoms with Crippen molar-refractivity contribution in [2.24, 2.45) is 0 Å². The molecule has 0 saturated heterocycles. The Hall–Kier alpha value is -1.71. The average Bonchev–Trinajstić information content (AvgIpc) is 2.45. The predicted molar refractivity (Wildman–Crippen MR) is 90.0 cm³/mol. The minimum Gasteiger partial charge on any atom is -0.444 e. The van der Waals surface area contributed by atoms with Crippen LogP contribution in [0.4, 0.5) is 10.5 Å². The maximum atomic E-state index is 11.7. The van der Waals surface area contributed by atoms with Gasteiger partial charge in [0.2, 0.25) is 0 Å². The first kappa shape index (κ1) is 16.7. The van der Waals surface area contributed by atoms with E-state index in [0.29, 0.717) is 12.6 Å². The Bertz CT molecular complexity index is 488. The van der Waals surface area contributed by atoms with Crippen molar-refractivity contribution >= 4 is 11.8 Å². The maximum absolute atomic E-state index is 11.7. The molecule has 0 atom stereocenters. The lowest BCUT2D eigenvalue weighted by Gasteiger charge is -2.24. The van der Waals surface area contributed by atoms with Crippen molar-refractivity contribution in [1.82, 2.24) is 5.32 Å². The molecule has 0 aromatic heterocycles. The minimum atomic E-state index is -0.464. The highest BCUT2D eigenvalue weighted by atomic mass is 16.6. The summed E-state index contributed by atoms with van der Waals surface area (Å²) in [5.41, 5.74) is 1.75. The second kappa shape index (κ2) is 7.52. The zero-order valence-electron chi connectivity index (χ0n) is 13.9. The van der Waals surface area contributed by atoms with Crippen molar-refractivity contribution in [2.45, 2.75) is 71.1 Å². The van der Waals surface area contributed by atoms with Gasteiger partial charge in [0.15, 0.2) is 0 Å². The monoisotopic (exact) mass is 304 g/mol. The molecule has 0 bridgehead atoms. The van der Waals surface area contributed by atoms with Gasteiger partial charge in [-0.05, 0) is 51.3 Å². The Labute approximate surface area is 133 Å². The Morgan fingerprint density at radius 3 is 2.64 bits per heavy atom. The highest BCUT2D eigenvalue weighted by molar-refractivity contribution is 5.67. The van der Waals surface area contributed by atoms with Crippen LogP contribution in [0, 0.1) is 0 Å². The minimum absolute atomic E-state index is 0.377. The molecule has 1 aliphatic rings. The zero-order chi connectivity index (χ0) is 16.0. The van der Waals surface area contributed by atoms with Gasteiger partial charge in [-0.15, -0.1) is 0 Å². The summed E-state index contributed by atoms with van der Waals surface area (Å²) in [6, 6.07) is 8.82. The highest BCUT2D eigenvalue weighted by Crippen LogP contribution is 2.22. The molecule has 4 nitrogen and oxygen atoms in total. The molecule has 0 aliphatic heterocycles. The average molecular weight is 304 g/mol. The second-order valence-electron chi connectivity index (χ2n) is 7.04. The lowest BCUT2D eigenvalue weighted by atomic mass is 9.95. The van der Waals surface area contributed by atoms with Gasteiger partial charge in [-0.1, -0.05) is 31.4 Å². The van der Waals surface area contributed by atoms with Crippen molar-refractivity contribution in [3.8, 4) is 0 Å². The number of ether oxygens (including phenoxy) is 1. The van der Waals surface area contributed by atoms with Crippen LogP contribution >= 0.6 is 0 Å². The topological polar surface area (TPSA) is 50.4 Å². The fourth-order valence-electron chi connectivity index (χ4n) is 2.74. The zero-order valence-corrected chi connectivity index (χ0v) is 13.9. The number of benzene rings is 1. The molecule has 0 unspecified atom stereocenters. The van der Waals surface area contributed by atoms with Gasteiger partial charge >= 0.3 is 6.09 Å². The molecule has 1 amide bonds. The van der Waals surface area contributed by atoms with Crippen LogP contribution in [0.1, 0.15) is 58.4 Å². The first-order valence-corrected chi connectivity index (χ1v) is 8.25. The molecule has 2 N–H and O–H groups in total. The van der Waals surface area contributed by atoms with Crippen molar-refractivity contribution < 1.29 is 9.53 Å². The maximum Gasteiger partial charge on any atom is 0.407 e. The van der Waals surface area contributed by atoms with Gasteiger partial charge < -0.3 is 15.4 Å². The van der Waals surface area contributed by atoms with Gasteiger partial charge in [-0.25, -0.2) is 4.79 Å². The second-order valence-corrected chi connectivity index (χ2v) is 7.04. The number of alkyl carbamates (subject to hydrolysis) is 1. The summed E-state index contributed by atoms with van der Waals surface area (Å²) in [6.45, 7) is 6.07. The summed E-state index contributed by atoms with van der Waals surface area (Å²) in [5.74, 6) is 0. The van der Waals surface area contributed by atoms with E-state index in [2.05, 4.69) is 22.8 Å². The third-order valence-electron chi connectivity index (χ3n) is 3.74. The number of hydrogen-bond donors (Lipinski definition) is 2. The van der Waals surface area contributed by atoms with Crippen LogP contribution in [0.2, 0.25) is 0 Å². The molecule has 0 spiro atoms. The van der Waals surface area contributed by atoms with E-state index in [-0.39, 0.29) is 6.09 Å². The van der Waals surface area contributed by atoms with Gasteiger partial charge in [-0.2, -0.15) is 0 Å². The van der Waals surface area contributed by atoms with E-state index in [4.69, 9.17) is 4.74 Å². The van der Waals surface area contributed by atoms with Gasteiger partial charge in [0.1, 0.15) is 5.60 Å². The van der Waals surface area contributed by atoms with Crippen molar-refractivity contribution in [3.05, 3.63) is 29.8 Å². The molecule has 0 radical (unpaired) electrons. The van der Waals surface area contributed by atoms with Crippen LogP contribution in [0.25, 0.3) is 0 Å². The number of anilines is 1. The van der Waals surface area contributed by atoms with E-state index in [9.17, 15) is 4.79 Å². The summed E-state index contributed by atoms with van der Waals surface area (Å²) < 4.78 is 5.25. The summed E-state index contributed by atoms with van der Waals surface area (Å²) >= 11 is 0. The van der Waals surface area contributed by atoms with Crippen molar-refractivity contribution in [3.63, 3.8) is 0 Å². The number of rotatable bonds is 4. The SMILES string of the molecule is CC(C)(C)OC(=O)NCc1cccc(NC2CCCCC2)c1. The van der Waals surface area contributed by atoms with Crippen molar-refractivity contribution in [1.29, 1.82) is 0 Å². The smallest absolute Gasteiger partial charge is 0.407 e. The van der Waals surface area contributed by atoms with E-state index in [1.165, 1.54) is 32.1 Å². The van der Waals surface area contributed by atoms with Gasteiger partial charge in [0.25, 0.3) is 0 Å². The van der Waals surface area contributed by atoms with Crippen LogP contribution in [-0.2, 0) is 11.3 Å². The first-order chi connectivity index (χ1) is 10.4. The van der Waals surface area contributed by atoms with Crippen LogP contribution in [0.15, 0.2) is 24.3 Å². The van der Waals surface area contributed by atoms with Gasteiger partial charge in [0.05, 0.1) is 0 Å². The Morgan fingerprint density at radius 2 is 1.95 bits per heavy atom. The molecule has 1 aromatic carbocycles. The van der Waals surface area contributed by atoms with E-state index in [1.807, 2.05) is 32.9 Å². The fourth-order valence-corrected chi connectivity index (χ4v) is 2.74. The molecular formula is C18H28N2O2. The number of carbonyl (C=O) groups is 1. The molecule has 22 heavy (non-hydrogen) atoms. The van der Waals surface area contributed by atoms with Gasteiger partial charge in [-0.3, -0.25) is 0 Å². The molecule has 1 aromatic rings. The van der Waals surface area contributed by atoms with E-state index in [1.54, 1.807) is 0 Å². The number of carbonyl (C=O) groups excluding carboxylic acids is 1. The molecule has 122 valence electrons. The third kappa shape index (κ3) is 5.96. The molecule has 1 saturated carbocycles. The van der Waals surface area contributed by atoms with Crippen LogP contribution in [0.3, 0.4) is 0 Å². The lowest BCUT2D eigenvalue weighted by Crippen LogP contribution is -2.32. The predicted octanol–water partition coefficient (Wildman–Crippen LogP) is 4.46. The Balaban J connectivity index is 1.84. The molecule has 0 heterocycles. The van der Waals surface area contributed by atoms with Crippen LogP contribution in [-0.4, -0.2) is 17.7 Å². The number of hydrogen-bond acceptors (Lipinski definition) is 3. The molecule has 1 fully saturated rings. The fraction of sp³-hybridized carbons (Fsp3) is 0.611. The normalized spacial score (nSPS) is 16.1. The summed E-state index contributed by atoms with van der Waals surface area (Å²) in [7, 11) is 0. The Morgan fingerprint density at radius 1 is 1.23 bits per heavy atom. The molecule has 4 heteroatoms. The van der Waals surface area contributed by atoms with E-state index < -0.39 is 5.60 Å². The summed E-state index contributed by atoms with van der Waals surface area (Å²) in [4.78, 5) is 11.7. The standard InChI is InChI=1S/C18H28N2O2/c1-18(2,3)22-17(21)19-13-14-8-7-11-16(12-14)20-15-9-5-4-6-10-15/h7-8,11-12,15,20H,4-6,9-10,13H2,1-3H3,(H,19,21). The molecule has 1 aliphatic carbocycles.